The van der Waals surface area contributed by atoms with E-state index in [-0.39, 0.29) is 0 Å². The number of alkyl halides is 2. The third kappa shape index (κ3) is 7.94. The molecule has 0 aliphatic rings. The van der Waals surface area contributed by atoms with E-state index in [1.165, 1.54) is 0 Å². The van der Waals surface area contributed by atoms with Gasteiger partial charge < -0.3 is 10.6 Å². The van der Waals surface area contributed by atoms with Crippen molar-refractivity contribution in [3.05, 3.63) is 24.3 Å². The second-order valence-corrected chi connectivity index (χ2v) is 7.18. The number of thioether (sulfide) groups is 1. The summed E-state index contributed by atoms with van der Waals surface area (Å²) in [6, 6.07) is 7.76. The molecule has 130 valence electrons. The van der Waals surface area contributed by atoms with Gasteiger partial charge in [0.2, 0.25) is 0 Å². The Morgan fingerprint density at radius 3 is 2.17 bits per heavy atom. The number of rotatable bonds is 8. The van der Waals surface area contributed by atoms with E-state index in [2.05, 4.69) is 43.2 Å². The van der Waals surface area contributed by atoms with Crippen molar-refractivity contribution < 1.29 is 8.78 Å². The number of thiocarbonyl (C=S) groups is 1. The first-order valence-corrected chi connectivity index (χ1v) is 8.94. The summed E-state index contributed by atoms with van der Waals surface area (Å²) in [4.78, 5) is 2.92. The van der Waals surface area contributed by atoms with Crippen molar-refractivity contribution in [1.29, 1.82) is 0 Å². The van der Waals surface area contributed by atoms with Crippen molar-refractivity contribution >= 4 is 34.8 Å². The Morgan fingerprint density at radius 1 is 1.13 bits per heavy atom. The van der Waals surface area contributed by atoms with Gasteiger partial charge in [-0.3, -0.25) is 4.90 Å². The van der Waals surface area contributed by atoms with Gasteiger partial charge in [0.1, 0.15) is 0 Å². The molecule has 0 aromatic heterocycles. The van der Waals surface area contributed by atoms with E-state index in [1.807, 2.05) is 0 Å². The monoisotopic (exact) mass is 361 g/mol. The Kier molecular flexibility index (Phi) is 8.79. The normalized spacial score (nSPS) is 11.6. The number of hydrogen-bond donors (Lipinski definition) is 2. The van der Waals surface area contributed by atoms with Crippen LogP contribution >= 0.6 is 24.0 Å². The largest absolute Gasteiger partial charge is 0.361 e. The second-order valence-electron chi connectivity index (χ2n) is 5.71. The van der Waals surface area contributed by atoms with Crippen molar-refractivity contribution in [2.45, 2.75) is 50.4 Å². The molecule has 0 atom stereocenters. The zero-order valence-corrected chi connectivity index (χ0v) is 15.6. The molecule has 0 heterocycles. The molecule has 1 rings (SSSR count). The Balaban J connectivity index is 2.39. The number of benzene rings is 1. The molecule has 0 bridgehead atoms. The quantitative estimate of drug-likeness (QED) is 0.528. The lowest BCUT2D eigenvalue weighted by molar-refractivity contribution is 0.178. The molecule has 0 aliphatic carbocycles. The second kappa shape index (κ2) is 10.1. The highest BCUT2D eigenvalue weighted by Crippen LogP contribution is 2.26. The van der Waals surface area contributed by atoms with Crippen LogP contribution in [0, 0.1) is 0 Å². The average molecular weight is 362 g/mol. The predicted octanol–water partition coefficient (Wildman–Crippen LogP) is 4.41. The Bertz CT molecular complexity index is 471. The molecular formula is C16H25F2N3S2. The molecule has 2 N–H and O–H groups in total. The molecule has 0 aliphatic heterocycles. The smallest absolute Gasteiger partial charge is 0.288 e. The molecule has 0 saturated heterocycles. The Labute approximate surface area is 147 Å². The van der Waals surface area contributed by atoms with E-state index in [4.69, 9.17) is 12.2 Å². The first kappa shape index (κ1) is 20.1. The first-order chi connectivity index (χ1) is 10.8. The fourth-order valence-corrected chi connectivity index (χ4v) is 3.03. The van der Waals surface area contributed by atoms with Crippen LogP contribution in [0.1, 0.15) is 27.7 Å². The van der Waals surface area contributed by atoms with E-state index in [0.29, 0.717) is 33.9 Å². The summed E-state index contributed by atoms with van der Waals surface area (Å²) in [6.45, 7) is 10.4. The molecule has 0 fully saturated rings. The van der Waals surface area contributed by atoms with Crippen LogP contribution in [0.5, 0.6) is 0 Å². The highest BCUT2D eigenvalue weighted by molar-refractivity contribution is 7.99. The highest BCUT2D eigenvalue weighted by atomic mass is 32.2. The summed E-state index contributed by atoms with van der Waals surface area (Å²) in [5.74, 6) is -2.40. The fourth-order valence-electron chi connectivity index (χ4n) is 2.31. The van der Waals surface area contributed by atoms with Crippen LogP contribution in [0.25, 0.3) is 0 Å². The molecule has 0 saturated carbocycles. The summed E-state index contributed by atoms with van der Waals surface area (Å²) in [6.07, 6.45) is 0. The standard InChI is InChI=1S/C16H25F2N3S2/c1-11(2)21(12(3)4)10-9-19-16(22)20-13-5-7-14(8-6-13)23-15(17)18/h5-8,11-12,15H,9-10H2,1-4H3,(H2,19,20,22). The van der Waals surface area contributed by atoms with Crippen molar-refractivity contribution in [2.24, 2.45) is 0 Å². The van der Waals surface area contributed by atoms with Gasteiger partial charge in [-0.25, -0.2) is 0 Å². The zero-order valence-electron chi connectivity index (χ0n) is 14.0. The summed E-state index contributed by atoms with van der Waals surface area (Å²) in [5, 5.41) is 6.77. The molecule has 3 nitrogen and oxygen atoms in total. The minimum absolute atomic E-state index is 0.484. The number of hydrogen-bond acceptors (Lipinski definition) is 3. The molecule has 0 unspecified atom stereocenters. The molecule has 0 spiro atoms. The van der Waals surface area contributed by atoms with Gasteiger partial charge in [0, 0.05) is 35.8 Å². The number of nitrogens with one attached hydrogen (secondary N) is 2. The number of halogens is 2. The van der Waals surface area contributed by atoms with E-state index in [9.17, 15) is 8.78 Å². The number of anilines is 1. The van der Waals surface area contributed by atoms with Crippen molar-refractivity contribution in [2.75, 3.05) is 18.4 Å². The topological polar surface area (TPSA) is 27.3 Å². The Hall–Kier alpha value is -0.920. The summed E-state index contributed by atoms with van der Waals surface area (Å²) >= 11 is 5.79. The molecule has 7 heteroatoms. The van der Waals surface area contributed by atoms with Gasteiger partial charge in [0.05, 0.1) is 0 Å². The summed E-state index contributed by atoms with van der Waals surface area (Å²) < 4.78 is 24.5. The third-order valence-electron chi connectivity index (χ3n) is 3.32. The fraction of sp³-hybridized carbons (Fsp3) is 0.562. The lowest BCUT2D eigenvalue weighted by Gasteiger charge is -2.30. The van der Waals surface area contributed by atoms with E-state index >= 15 is 0 Å². The molecule has 23 heavy (non-hydrogen) atoms. The van der Waals surface area contributed by atoms with Crippen LogP contribution in [0.15, 0.2) is 29.2 Å². The maximum atomic E-state index is 12.3. The van der Waals surface area contributed by atoms with Crippen LogP contribution in [-0.4, -0.2) is 40.9 Å². The van der Waals surface area contributed by atoms with Gasteiger partial charge in [-0.15, -0.1) is 0 Å². The molecule has 1 aromatic rings. The lowest BCUT2D eigenvalue weighted by Crippen LogP contribution is -2.43. The lowest BCUT2D eigenvalue weighted by atomic mass is 10.2. The summed E-state index contributed by atoms with van der Waals surface area (Å²) in [5.41, 5.74) is 0.783. The van der Waals surface area contributed by atoms with Gasteiger partial charge in [-0.2, -0.15) is 8.78 Å². The van der Waals surface area contributed by atoms with Gasteiger partial charge in [-0.05, 0) is 64.2 Å². The first-order valence-electron chi connectivity index (χ1n) is 7.65. The molecule has 1 aromatic carbocycles. The predicted molar refractivity (Wildman–Crippen MR) is 99.5 cm³/mol. The van der Waals surface area contributed by atoms with E-state index in [0.717, 1.165) is 18.8 Å². The van der Waals surface area contributed by atoms with E-state index in [1.54, 1.807) is 24.3 Å². The van der Waals surface area contributed by atoms with Crippen LogP contribution in [0.4, 0.5) is 14.5 Å². The van der Waals surface area contributed by atoms with Gasteiger partial charge in [0.25, 0.3) is 5.76 Å². The zero-order chi connectivity index (χ0) is 17.4. The minimum Gasteiger partial charge on any atom is -0.361 e. The van der Waals surface area contributed by atoms with E-state index < -0.39 is 5.76 Å². The van der Waals surface area contributed by atoms with Crippen molar-refractivity contribution in [1.82, 2.24) is 10.2 Å². The van der Waals surface area contributed by atoms with Gasteiger partial charge in [-0.1, -0.05) is 11.8 Å². The molecular weight excluding hydrogens is 336 g/mol. The average Bonchev–Trinajstić information content (AvgIpc) is 2.44. The van der Waals surface area contributed by atoms with Crippen LogP contribution in [0.2, 0.25) is 0 Å². The minimum atomic E-state index is -2.40. The highest BCUT2D eigenvalue weighted by Gasteiger charge is 2.12. The van der Waals surface area contributed by atoms with Crippen LogP contribution in [0.3, 0.4) is 0 Å². The van der Waals surface area contributed by atoms with Gasteiger partial charge >= 0.3 is 0 Å². The number of nitrogens with zero attached hydrogens (tertiary/aromatic N) is 1. The SMILES string of the molecule is CC(C)N(CCNC(=S)Nc1ccc(SC(F)F)cc1)C(C)C. The molecule has 0 radical (unpaired) electrons. The van der Waals surface area contributed by atoms with Crippen LogP contribution in [-0.2, 0) is 0 Å². The Morgan fingerprint density at radius 2 is 1.70 bits per heavy atom. The maximum absolute atomic E-state index is 12.3. The van der Waals surface area contributed by atoms with Gasteiger partial charge in [0.15, 0.2) is 5.11 Å². The van der Waals surface area contributed by atoms with Crippen molar-refractivity contribution in [3.63, 3.8) is 0 Å². The maximum Gasteiger partial charge on any atom is 0.288 e. The van der Waals surface area contributed by atoms with Crippen molar-refractivity contribution in [3.8, 4) is 0 Å². The third-order valence-corrected chi connectivity index (χ3v) is 4.29. The summed E-state index contributed by atoms with van der Waals surface area (Å²) in [7, 11) is 0. The molecule has 0 amide bonds. The van der Waals surface area contributed by atoms with Crippen LogP contribution < -0.4 is 10.6 Å².